The Balaban J connectivity index is 2.30. The third kappa shape index (κ3) is 4.05. The van der Waals surface area contributed by atoms with Crippen LogP contribution >= 0.6 is 0 Å². The van der Waals surface area contributed by atoms with E-state index in [1.165, 1.54) is 11.1 Å². The number of nitrogens with zero attached hydrogens (tertiary/aromatic N) is 1. The van der Waals surface area contributed by atoms with Gasteiger partial charge < -0.3 is 10.1 Å². The van der Waals surface area contributed by atoms with E-state index in [1.807, 2.05) is 19.2 Å². The average Bonchev–Trinajstić information content (AvgIpc) is 2.53. The number of rotatable bonds is 7. The van der Waals surface area contributed by atoms with Crippen molar-refractivity contribution >= 4 is 0 Å². The standard InChI is InChI=1S/C18H24N2O/c1-4-18(20-5-2)15-9-7-8-14(10-15)16-11-17(21-6-3)13-19-12-16/h7-13,18,20H,4-6H2,1-3H3. The Kier molecular flexibility index (Phi) is 5.76. The summed E-state index contributed by atoms with van der Waals surface area (Å²) in [6.07, 6.45) is 4.72. The molecule has 21 heavy (non-hydrogen) atoms. The van der Waals surface area contributed by atoms with E-state index >= 15 is 0 Å². The van der Waals surface area contributed by atoms with E-state index in [9.17, 15) is 0 Å². The molecular weight excluding hydrogens is 260 g/mol. The number of hydrogen-bond acceptors (Lipinski definition) is 3. The molecule has 1 unspecified atom stereocenters. The van der Waals surface area contributed by atoms with Crippen molar-refractivity contribution in [1.29, 1.82) is 0 Å². The van der Waals surface area contributed by atoms with Crippen LogP contribution in [0.5, 0.6) is 5.75 Å². The predicted octanol–water partition coefficient (Wildman–Crippen LogP) is 4.21. The summed E-state index contributed by atoms with van der Waals surface area (Å²) < 4.78 is 5.53. The quantitative estimate of drug-likeness (QED) is 0.827. The number of nitrogens with one attached hydrogen (secondary N) is 1. The number of benzene rings is 1. The van der Waals surface area contributed by atoms with Gasteiger partial charge in [-0.2, -0.15) is 0 Å². The molecule has 0 spiro atoms. The van der Waals surface area contributed by atoms with Gasteiger partial charge in [-0.3, -0.25) is 4.98 Å². The molecule has 0 aliphatic rings. The van der Waals surface area contributed by atoms with Crippen LogP contribution in [0.1, 0.15) is 38.8 Å². The van der Waals surface area contributed by atoms with Crippen molar-refractivity contribution in [2.24, 2.45) is 0 Å². The molecule has 0 radical (unpaired) electrons. The first-order chi connectivity index (χ1) is 10.3. The molecule has 3 nitrogen and oxygen atoms in total. The summed E-state index contributed by atoms with van der Waals surface area (Å²) in [4.78, 5) is 4.27. The fourth-order valence-electron chi connectivity index (χ4n) is 2.50. The Bertz CT molecular complexity index is 569. The van der Waals surface area contributed by atoms with Gasteiger partial charge in [-0.15, -0.1) is 0 Å². The zero-order valence-corrected chi connectivity index (χ0v) is 13.1. The molecule has 0 aliphatic carbocycles. The van der Waals surface area contributed by atoms with E-state index in [4.69, 9.17) is 4.74 Å². The van der Waals surface area contributed by atoms with Crippen molar-refractivity contribution in [3.63, 3.8) is 0 Å². The highest BCUT2D eigenvalue weighted by Gasteiger charge is 2.09. The lowest BCUT2D eigenvalue weighted by Gasteiger charge is -2.17. The number of aromatic nitrogens is 1. The minimum absolute atomic E-state index is 0.401. The van der Waals surface area contributed by atoms with Crippen molar-refractivity contribution in [1.82, 2.24) is 10.3 Å². The fraction of sp³-hybridized carbons (Fsp3) is 0.389. The Labute approximate surface area is 127 Å². The maximum absolute atomic E-state index is 5.53. The van der Waals surface area contributed by atoms with Gasteiger partial charge in [0, 0.05) is 17.8 Å². The molecule has 1 heterocycles. The SMILES string of the molecule is CCNC(CC)c1cccc(-c2cncc(OCC)c2)c1. The molecule has 2 rings (SSSR count). The molecule has 0 fully saturated rings. The molecule has 1 aromatic heterocycles. The van der Waals surface area contributed by atoms with Gasteiger partial charge >= 0.3 is 0 Å². The minimum Gasteiger partial charge on any atom is -0.492 e. The summed E-state index contributed by atoms with van der Waals surface area (Å²) in [6.45, 7) is 7.96. The van der Waals surface area contributed by atoms with E-state index < -0.39 is 0 Å². The lowest BCUT2D eigenvalue weighted by molar-refractivity contribution is 0.339. The Morgan fingerprint density at radius 1 is 1.10 bits per heavy atom. The van der Waals surface area contributed by atoms with E-state index in [-0.39, 0.29) is 0 Å². The molecule has 0 saturated heterocycles. The minimum atomic E-state index is 0.401. The summed E-state index contributed by atoms with van der Waals surface area (Å²) in [5.74, 6) is 0.819. The van der Waals surface area contributed by atoms with Crippen LogP contribution in [0.2, 0.25) is 0 Å². The van der Waals surface area contributed by atoms with E-state index in [0.29, 0.717) is 12.6 Å². The van der Waals surface area contributed by atoms with Crippen LogP contribution in [0, 0.1) is 0 Å². The smallest absolute Gasteiger partial charge is 0.138 e. The van der Waals surface area contributed by atoms with Crippen molar-refractivity contribution in [2.75, 3.05) is 13.2 Å². The van der Waals surface area contributed by atoms with Gasteiger partial charge in [-0.25, -0.2) is 0 Å². The largest absolute Gasteiger partial charge is 0.492 e. The monoisotopic (exact) mass is 284 g/mol. The highest BCUT2D eigenvalue weighted by Crippen LogP contribution is 2.26. The lowest BCUT2D eigenvalue weighted by atomic mass is 9.99. The number of hydrogen-bond donors (Lipinski definition) is 1. The topological polar surface area (TPSA) is 34.2 Å². The molecule has 0 aliphatic heterocycles. The number of pyridine rings is 1. The molecule has 0 saturated carbocycles. The fourth-order valence-corrected chi connectivity index (χ4v) is 2.50. The van der Waals surface area contributed by atoms with E-state index in [2.05, 4.69) is 48.4 Å². The van der Waals surface area contributed by atoms with Crippen LogP contribution in [-0.2, 0) is 0 Å². The maximum atomic E-state index is 5.53. The highest BCUT2D eigenvalue weighted by atomic mass is 16.5. The van der Waals surface area contributed by atoms with Gasteiger partial charge in [0.2, 0.25) is 0 Å². The summed E-state index contributed by atoms with van der Waals surface area (Å²) in [5, 5.41) is 3.52. The summed E-state index contributed by atoms with van der Waals surface area (Å²) in [6, 6.07) is 11.1. The molecule has 1 aromatic carbocycles. The number of ether oxygens (including phenoxy) is 1. The van der Waals surface area contributed by atoms with Crippen LogP contribution in [0.15, 0.2) is 42.7 Å². The predicted molar refractivity (Wildman–Crippen MR) is 87.6 cm³/mol. The first kappa shape index (κ1) is 15.5. The molecule has 1 N–H and O–H groups in total. The van der Waals surface area contributed by atoms with Gasteiger partial charge in [-0.05, 0) is 43.1 Å². The van der Waals surface area contributed by atoms with Crippen molar-refractivity contribution in [3.05, 3.63) is 48.3 Å². The third-order valence-corrected chi connectivity index (χ3v) is 3.51. The van der Waals surface area contributed by atoms with Crippen molar-refractivity contribution in [2.45, 2.75) is 33.2 Å². The third-order valence-electron chi connectivity index (χ3n) is 3.51. The molecular formula is C18H24N2O. The highest BCUT2D eigenvalue weighted by molar-refractivity contribution is 5.64. The van der Waals surface area contributed by atoms with Crippen LogP contribution < -0.4 is 10.1 Å². The lowest BCUT2D eigenvalue weighted by Crippen LogP contribution is -2.19. The second kappa shape index (κ2) is 7.79. The first-order valence-corrected chi connectivity index (χ1v) is 7.70. The van der Waals surface area contributed by atoms with Gasteiger partial charge in [-0.1, -0.05) is 32.0 Å². The van der Waals surface area contributed by atoms with E-state index in [0.717, 1.165) is 24.3 Å². The maximum Gasteiger partial charge on any atom is 0.138 e. The molecule has 0 bridgehead atoms. The Morgan fingerprint density at radius 2 is 1.95 bits per heavy atom. The van der Waals surface area contributed by atoms with E-state index in [1.54, 1.807) is 6.20 Å². The normalized spacial score (nSPS) is 12.1. The summed E-state index contributed by atoms with van der Waals surface area (Å²) in [5.41, 5.74) is 3.59. The Hall–Kier alpha value is -1.87. The molecule has 3 heteroatoms. The van der Waals surface area contributed by atoms with Gasteiger partial charge in [0.25, 0.3) is 0 Å². The zero-order chi connectivity index (χ0) is 15.1. The summed E-state index contributed by atoms with van der Waals surface area (Å²) >= 11 is 0. The van der Waals surface area contributed by atoms with Crippen LogP contribution in [0.3, 0.4) is 0 Å². The van der Waals surface area contributed by atoms with Crippen LogP contribution in [-0.4, -0.2) is 18.1 Å². The molecule has 112 valence electrons. The summed E-state index contributed by atoms with van der Waals surface area (Å²) in [7, 11) is 0. The second-order valence-electron chi connectivity index (χ2n) is 4.99. The van der Waals surface area contributed by atoms with Gasteiger partial charge in [0.15, 0.2) is 0 Å². The van der Waals surface area contributed by atoms with Crippen LogP contribution in [0.4, 0.5) is 0 Å². The molecule has 1 atom stereocenters. The van der Waals surface area contributed by atoms with Crippen molar-refractivity contribution < 1.29 is 4.74 Å². The molecule has 0 amide bonds. The zero-order valence-electron chi connectivity index (χ0n) is 13.1. The first-order valence-electron chi connectivity index (χ1n) is 7.70. The van der Waals surface area contributed by atoms with Crippen LogP contribution in [0.25, 0.3) is 11.1 Å². The molecule has 2 aromatic rings. The second-order valence-corrected chi connectivity index (χ2v) is 4.99. The van der Waals surface area contributed by atoms with Gasteiger partial charge in [0.05, 0.1) is 12.8 Å². The van der Waals surface area contributed by atoms with Gasteiger partial charge in [0.1, 0.15) is 5.75 Å². The van der Waals surface area contributed by atoms with Crippen molar-refractivity contribution in [3.8, 4) is 16.9 Å². The Morgan fingerprint density at radius 3 is 2.67 bits per heavy atom. The average molecular weight is 284 g/mol.